The molecule has 0 saturated carbocycles. The highest BCUT2D eigenvalue weighted by molar-refractivity contribution is 6.30. The fraction of sp³-hybridized carbons (Fsp3) is 0.300. The van der Waals surface area contributed by atoms with Gasteiger partial charge in [-0.15, -0.1) is 0 Å². The number of hydrogen-bond donors (Lipinski definition) is 1. The molecule has 2 aromatic carbocycles. The van der Waals surface area contributed by atoms with Crippen LogP contribution < -0.4 is 15.0 Å². The number of hydrogen-bond acceptors (Lipinski definition) is 3. The molecule has 0 saturated heterocycles. The molecular weight excluding hydrogens is 352 g/mol. The minimum absolute atomic E-state index is 0.0454. The van der Waals surface area contributed by atoms with Crippen molar-refractivity contribution in [3.8, 4) is 5.75 Å². The van der Waals surface area contributed by atoms with Gasteiger partial charge in [-0.1, -0.05) is 42.8 Å². The van der Waals surface area contributed by atoms with Gasteiger partial charge in [0.05, 0.1) is 24.8 Å². The number of carbonyl (C=O) groups is 2. The Labute approximate surface area is 157 Å². The van der Waals surface area contributed by atoms with E-state index >= 15 is 0 Å². The summed E-state index contributed by atoms with van der Waals surface area (Å²) in [4.78, 5) is 26.5. The number of ether oxygens (including phenoxy) is 1. The molecule has 26 heavy (non-hydrogen) atoms. The number of benzene rings is 2. The predicted molar refractivity (Wildman–Crippen MR) is 102 cm³/mol. The molecule has 0 bridgehead atoms. The molecule has 136 valence electrons. The van der Waals surface area contributed by atoms with Crippen LogP contribution in [0.2, 0.25) is 5.02 Å². The largest absolute Gasteiger partial charge is 0.491 e. The summed E-state index contributed by atoms with van der Waals surface area (Å²) in [7, 11) is 0. The van der Waals surface area contributed by atoms with E-state index in [9.17, 15) is 9.59 Å². The molecule has 6 heteroatoms. The second-order valence-electron chi connectivity index (χ2n) is 6.13. The molecule has 3 rings (SSSR count). The lowest BCUT2D eigenvalue weighted by molar-refractivity contribution is -0.124. The number of nitrogens with zero attached hydrogens (tertiary/aromatic N) is 1. The van der Waals surface area contributed by atoms with Gasteiger partial charge < -0.3 is 10.1 Å². The van der Waals surface area contributed by atoms with Crippen LogP contribution in [-0.4, -0.2) is 25.0 Å². The first-order valence-corrected chi connectivity index (χ1v) is 9.03. The lowest BCUT2D eigenvalue weighted by atomic mass is 10.0. The maximum Gasteiger partial charge on any atom is 0.240 e. The van der Waals surface area contributed by atoms with Gasteiger partial charge in [0.15, 0.2) is 0 Å². The average Bonchev–Trinajstić information content (AvgIpc) is 2.79. The first kappa shape index (κ1) is 18.3. The summed E-state index contributed by atoms with van der Waals surface area (Å²) in [6.07, 6.45) is 0.965. The van der Waals surface area contributed by atoms with E-state index in [2.05, 4.69) is 5.32 Å². The van der Waals surface area contributed by atoms with Crippen LogP contribution in [0.25, 0.3) is 0 Å². The van der Waals surface area contributed by atoms with Crippen molar-refractivity contribution in [2.45, 2.75) is 25.8 Å². The molecule has 1 N–H and O–H groups in total. The van der Waals surface area contributed by atoms with Crippen LogP contribution in [0.4, 0.5) is 5.69 Å². The number of amides is 2. The van der Waals surface area contributed by atoms with Crippen LogP contribution in [0.3, 0.4) is 0 Å². The monoisotopic (exact) mass is 372 g/mol. The van der Waals surface area contributed by atoms with Crippen LogP contribution in [-0.2, 0) is 9.59 Å². The van der Waals surface area contributed by atoms with Crippen LogP contribution in [0.5, 0.6) is 5.75 Å². The van der Waals surface area contributed by atoms with Crippen LogP contribution in [0, 0.1) is 0 Å². The van der Waals surface area contributed by atoms with E-state index in [4.69, 9.17) is 16.3 Å². The van der Waals surface area contributed by atoms with E-state index in [0.717, 1.165) is 12.0 Å². The van der Waals surface area contributed by atoms with Gasteiger partial charge in [0, 0.05) is 5.02 Å². The fourth-order valence-electron chi connectivity index (χ4n) is 3.02. The standard InChI is InChI=1S/C20H21ClN2O3/c1-2-16(14-6-5-7-15(21)12-14)22-19(24)13-23-17-8-3-4-9-18(17)26-11-10-20(23)25/h3-9,12,16H,2,10-11,13H2,1H3,(H,22,24). The molecule has 1 aliphatic heterocycles. The van der Waals surface area contributed by atoms with Crippen molar-refractivity contribution in [1.29, 1.82) is 0 Å². The zero-order chi connectivity index (χ0) is 18.5. The van der Waals surface area contributed by atoms with Gasteiger partial charge in [-0.05, 0) is 36.2 Å². The zero-order valence-electron chi connectivity index (χ0n) is 14.6. The highest BCUT2D eigenvalue weighted by Gasteiger charge is 2.25. The van der Waals surface area contributed by atoms with E-state index in [1.807, 2.05) is 37.3 Å². The van der Waals surface area contributed by atoms with Gasteiger partial charge in [-0.3, -0.25) is 14.5 Å². The molecule has 0 spiro atoms. The first-order valence-electron chi connectivity index (χ1n) is 8.65. The Kier molecular flexibility index (Phi) is 5.78. The van der Waals surface area contributed by atoms with Crippen molar-refractivity contribution >= 4 is 29.1 Å². The fourth-order valence-corrected chi connectivity index (χ4v) is 3.22. The van der Waals surface area contributed by atoms with Crippen molar-refractivity contribution in [2.24, 2.45) is 0 Å². The minimum Gasteiger partial charge on any atom is -0.491 e. The first-order chi connectivity index (χ1) is 12.6. The van der Waals surface area contributed by atoms with E-state index in [1.165, 1.54) is 4.90 Å². The third kappa shape index (κ3) is 4.17. The molecule has 2 aromatic rings. The maximum atomic E-state index is 12.6. The van der Waals surface area contributed by atoms with Gasteiger partial charge in [-0.25, -0.2) is 0 Å². The highest BCUT2D eigenvalue weighted by atomic mass is 35.5. The van der Waals surface area contributed by atoms with Gasteiger partial charge in [0.25, 0.3) is 0 Å². The second-order valence-corrected chi connectivity index (χ2v) is 6.57. The van der Waals surface area contributed by atoms with Crippen molar-refractivity contribution in [2.75, 3.05) is 18.1 Å². The van der Waals surface area contributed by atoms with Crippen molar-refractivity contribution in [3.05, 3.63) is 59.1 Å². The Balaban J connectivity index is 1.75. The van der Waals surface area contributed by atoms with Gasteiger partial charge >= 0.3 is 0 Å². The van der Waals surface area contributed by atoms with Crippen molar-refractivity contribution in [3.63, 3.8) is 0 Å². The van der Waals surface area contributed by atoms with Crippen LogP contribution >= 0.6 is 11.6 Å². The number of nitrogens with one attached hydrogen (secondary N) is 1. The Hall–Kier alpha value is -2.53. The smallest absolute Gasteiger partial charge is 0.240 e. The van der Waals surface area contributed by atoms with E-state index < -0.39 is 0 Å². The normalized spacial score (nSPS) is 14.8. The molecule has 1 aliphatic rings. The lowest BCUT2D eigenvalue weighted by Crippen LogP contribution is -2.41. The zero-order valence-corrected chi connectivity index (χ0v) is 15.3. The molecule has 5 nitrogen and oxygen atoms in total. The lowest BCUT2D eigenvalue weighted by Gasteiger charge is -2.23. The third-order valence-electron chi connectivity index (χ3n) is 4.33. The number of para-hydroxylation sites is 2. The minimum atomic E-state index is -0.220. The van der Waals surface area contributed by atoms with Gasteiger partial charge in [0.1, 0.15) is 12.3 Å². The maximum absolute atomic E-state index is 12.6. The van der Waals surface area contributed by atoms with E-state index in [1.54, 1.807) is 18.2 Å². The number of rotatable bonds is 5. The summed E-state index contributed by atoms with van der Waals surface area (Å²) < 4.78 is 5.61. The third-order valence-corrected chi connectivity index (χ3v) is 4.56. The van der Waals surface area contributed by atoms with Crippen molar-refractivity contribution in [1.82, 2.24) is 5.32 Å². The molecule has 1 unspecified atom stereocenters. The van der Waals surface area contributed by atoms with Gasteiger partial charge in [-0.2, -0.15) is 0 Å². The topological polar surface area (TPSA) is 58.6 Å². The Morgan fingerprint density at radius 3 is 2.85 bits per heavy atom. The summed E-state index contributed by atoms with van der Waals surface area (Å²) in [5.74, 6) is 0.274. The summed E-state index contributed by atoms with van der Waals surface area (Å²) in [6, 6.07) is 14.5. The Bertz CT molecular complexity index is 809. The molecule has 1 atom stereocenters. The summed E-state index contributed by atoms with van der Waals surface area (Å²) in [5.41, 5.74) is 1.57. The SMILES string of the molecule is CCC(NC(=O)CN1C(=O)CCOc2ccccc21)c1cccc(Cl)c1. The van der Waals surface area contributed by atoms with Crippen LogP contribution in [0.15, 0.2) is 48.5 Å². The van der Waals surface area contributed by atoms with E-state index in [0.29, 0.717) is 23.1 Å². The quantitative estimate of drug-likeness (QED) is 0.870. The number of carbonyl (C=O) groups excluding carboxylic acids is 2. The van der Waals surface area contributed by atoms with Crippen LogP contribution in [0.1, 0.15) is 31.4 Å². The molecular formula is C20H21ClN2O3. The Morgan fingerprint density at radius 2 is 2.08 bits per heavy atom. The van der Waals surface area contributed by atoms with E-state index in [-0.39, 0.29) is 30.8 Å². The summed E-state index contributed by atoms with van der Waals surface area (Å²) in [6.45, 7) is 2.26. The molecule has 2 amide bonds. The molecule has 0 fully saturated rings. The molecule has 1 heterocycles. The number of anilines is 1. The summed E-state index contributed by atoms with van der Waals surface area (Å²) in [5, 5.41) is 3.63. The molecule has 0 aromatic heterocycles. The molecule has 0 radical (unpaired) electrons. The molecule has 0 aliphatic carbocycles. The van der Waals surface area contributed by atoms with Gasteiger partial charge in [0.2, 0.25) is 11.8 Å². The number of halogens is 1. The van der Waals surface area contributed by atoms with Crippen molar-refractivity contribution < 1.29 is 14.3 Å². The average molecular weight is 373 g/mol. The number of fused-ring (bicyclic) bond motifs is 1. The second kappa shape index (κ2) is 8.23. The Morgan fingerprint density at radius 1 is 1.27 bits per heavy atom. The summed E-state index contributed by atoms with van der Waals surface area (Å²) >= 11 is 6.05. The predicted octanol–water partition coefficient (Wildman–Crippen LogP) is 3.72. The highest BCUT2D eigenvalue weighted by Crippen LogP contribution is 2.30.